The first kappa shape index (κ1) is 21.1. The monoisotopic (exact) mass is 395 g/mol. The van der Waals surface area contributed by atoms with E-state index in [4.69, 9.17) is 9.47 Å². The predicted molar refractivity (Wildman–Crippen MR) is 82.8 cm³/mol. The van der Waals surface area contributed by atoms with E-state index < -0.39 is 65.5 Å². The molecule has 27 heavy (non-hydrogen) atoms. The zero-order chi connectivity index (χ0) is 20.6. The molecule has 150 valence electrons. The van der Waals surface area contributed by atoms with Gasteiger partial charge >= 0.3 is 12.3 Å². The lowest BCUT2D eigenvalue weighted by atomic mass is 9.92. The quantitative estimate of drug-likeness (QED) is 0.774. The molecular weight excluding hydrogens is 377 g/mol. The van der Waals surface area contributed by atoms with Gasteiger partial charge in [-0.25, -0.2) is 13.6 Å². The van der Waals surface area contributed by atoms with Gasteiger partial charge in [0.2, 0.25) is 6.10 Å². The number of nitrogens with one attached hydrogen (secondary N) is 1. The van der Waals surface area contributed by atoms with Crippen LogP contribution in [0.2, 0.25) is 0 Å². The SMILES string of the molecule is CC(C)(C)OC(=O)N[C@H]1CC(=O)[C@@H](C(F)(F)F)O[C@@H]1c1cc(F)ccc1F. The number of alkyl halides is 3. The minimum atomic E-state index is -5.03. The molecule has 0 unspecified atom stereocenters. The van der Waals surface area contributed by atoms with Crippen LogP contribution in [0.1, 0.15) is 38.9 Å². The molecule has 1 aromatic carbocycles. The molecule has 0 aliphatic carbocycles. The van der Waals surface area contributed by atoms with E-state index in [-0.39, 0.29) is 0 Å². The molecule has 2 rings (SSSR count). The van der Waals surface area contributed by atoms with E-state index in [1.54, 1.807) is 20.8 Å². The fourth-order valence-corrected chi connectivity index (χ4v) is 2.62. The second kappa shape index (κ2) is 7.41. The number of amides is 1. The Morgan fingerprint density at radius 3 is 2.41 bits per heavy atom. The third kappa shape index (κ3) is 5.38. The van der Waals surface area contributed by atoms with Crippen LogP contribution in [0.25, 0.3) is 0 Å². The van der Waals surface area contributed by atoms with Crippen LogP contribution in [-0.4, -0.2) is 35.8 Å². The molecule has 0 saturated carbocycles. The van der Waals surface area contributed by atoms with Crippen molar-refractivity contribution in [2.75, 3.05) is 0 Å². The first-order chi connectivity index (χ1) is 12.3. The van der Waals surface area contributed by atoms with Gasteiger partial charge in [-0.05, 0) is 39.0 Å². The number of hydrogen-bond acceptors (Lipinski definition) is 4. The Labute approximate surface area is 151 Å². The van der Waals surface area contributed by atoms with Crippen LogP contribution in [0.3, 0.4) is 0 Å². The fraction of sp³-hybridized carbons (Fsp3) is 0.529. The lowest BCUT2D eigenvalue weighted by molar-refractivity contribution is -0.239. The number of halogens is 5. The second-order valence-corrected chi connectivity index (χ2v) is 7.07. The summed E-state index contributed by atoms with van der Waals surface area (Å²) >= 11 is 0. The molecule has 1 aromatic rings. The van der Waals surface area contributed by atoms with Crippen molar-refractivity contribution in [2.24, 2.45) is 0 Å². The topological polar surface area (TPSA) is 64.6 Å². The zero-order valence-electron chi connectivity index (χ0n) is 14.7. The van der Waals surface area contributed by atoms with Crippen molar-refractivity contribution in [3.63, 3.8) is 0 Å². The lowest BCUT2D eigenvalue weighted by Crippen LogP contribution is -2.53. The van der Waals surface area contributed by atoms with Crippen LogP contribution in [0.15, 0.2) is 18.2 Å². The van der Waals surface area contributed by atoms with Gasteiger partial charge in [-0.15, -0.1) is 0 Å². The van der Waals surface area contributed by atoms with Crippen LogP contribution < -0.4 is 5.32 Å². The number of rotatable bonds is 2. The Morgan fingerprint density at radius 2 is 1.85 bits per heavy atom. The van der Waals surface area contributed by atoms with Gasteiger partial charge in [0.1, 0.15) is 23.3 Å². The summed E-state index contributed by atoms with van der Waals surface area (Å²) < 4.78 is 76.5. The van der Waals surface area contributed by atoms with E-state index in [2.05, 4.69) is 5.32 Å². The van der Waals surface area contributed by atoms with Crippen LogP contribution >= 0.6 is 0 Å². The van der Waals surface area contributed by atoms with E-state index in [9.17, 15) is 31.5 Å². The number of carbonyl (C=O) groups is 2. The summed E-state index contributed by atoms with van der Waals surface area (Å²) in [6.45, 7) is 4.66. The highest BCUT2D eigenvalue weighted by atomic mass is 19.4. The van der Waals surface area contributed by atoms with E-state index in [1.807, 2.05) is 0 Å². The number of benzene rings is 1. The Balaban J connectivity index is 2.36. The van der Waals surface area contributed by atoms with Gasteiger partial charge in [-0.3, -0.25) is 4.79 Å². The second-order valence-electron chi connectivity index (χ2n) is 7.07. The molecule has 1 heterocycles. The summed E-state index contributed by atoms with van der Waals surface area (Å²) in [5.41, 5.74) is -1.46. The molecule has 10 heteroatoms. The molecule has 1 fully saturated rings. The van der Waals surface area contributed by atoms with E-state index >= 15 is 0 Å². The third-order valence-electron chi connectivity index (χ3n) is 3.63. The molecule has 1 aliphatic rings. The van der Waals surface area contributed by atoms with Gasteiger partial charge in [0.15, 0.2) is 5.78 Å². The Kier molecular flexibility index (Phi) is 5.79. The highest BCUT2D eigenvalue weighted by Gasteiger charge is 2.52. The molecule has 0 aromatic heterocycles. The van der Waals surface area contributed by atoms with Crippen molar-refractivity contribution in [3.8, 4) is 0 Å². The molecular formula is C17H18F5NO4. The number of ketones is 1. The van der Waals surface area contributed by atoms with Gasteiger partial charge in [0.25, 0.3) is 0 Å². The minimum absolute atomic E-state index is 0.544. The summed E-state index contributed by atoms with van der Waals surface area (Å²) in [4.78, 5) is 23.8. The molecule has 0 radical (unpaired) electrons. The van der Waals surface area contributed by atoms with E-state index in [0.29, 0.717) is 6.07 Å². The van der Waals surface area contributed by atoms with Crippen LogP contribution in [0.4, 0.5) is 26.7 Å². The number of alkyl carbamates (subject to hydrolysis) is 1. The van der Waals surface area contributed by atoms with Crippen molar-refractivity contribution >= 4 is 11.9 Å². The van der Waals surface area contributed by atoms with Crippen molar-refractivity contribution in [1.29, 1.82) is 0 Å². The molecule has 1 saturated heterocycles. The number of ether oxygens (including phenoxy) is 2. The number of carbonyl (C=O) groups excluding carboxylic acids is 2. The molecule has 0 bridgehead atoms. The Bertz CT molecular complexity index is 727. The molecule has 0 spiro atoms. The minimum Gasteiger partial charge on any atom is -0.444 e. The van der Waals surface area contributed by atoms with Gasteiger partial charge in [-0.1, -0.05) is 0 Å². The maximum atomic E-state index is 14.1. The summed E-state index contributed by atoms with van der Waals surface area (Å²) in [6, 6.07) is 0.789. The largest absolute Gasteiger partial charge is 0.444 e. The average Bonchev–Trinajstić information content (AvgIpc) is 2.47. The van der Waals surface area contributed by atoms with Crippen molar-refractivity contribution in [2.45, 2.75) is 57.2 Å². The summed E-state index contributed by atoms with van der Waals surface area (Å²) in [5, 5.41) is 2.21. The van der Waals surface area contributed by atoms with Crippen LogP contribution in [-0.2, 0) is 14.3 Å². The van der Waals surface area contributed by atoms with Gasteiger partial charge in [-0.2, -0.15) is 13.2 Å². The summed E-state index contributed by atoms with van der Waals surface area (Å²) in [7, 11) is 0. The van der Waals surface area contributed by atoms with Crippen LogP contribution in [0.5, 0.6) is 0 Å². The smallest absolute Gasteiger partial charge is 0.421 e. The zero-order valence-corrected chi connectivity index (χ0v) is 14.7. The maximum absolute atomic E-state index is 14.1. The van der Waals surface area contributed by atoms with Gasteiger partial charge < -0.3 is 14.8 Å². The van der Waals surface area contributed by atoms with Crippen molar-refractivity contribution in [1.82, 2.24) is 5.32 Å². The summed E-state index contributed by atoms with van der Waals surface area (Å²) in [6.07, 6.45) is -11.4. The van der Waals surface area contributed by atoms with Crippen molar-refractivity contribution < 1.29 is 41.0 Å². The number of Topliss-reactive ketones (excluding diaryl/α,β-unsaturated/α-hetero) is 1. The molecule has 1 amide bonds. The van der Waals surface area contributed by atoms with E-state index in [1.165, 1.54) is 0 Å². The van der Waals surface area contributed by atoms with E-state index in [0.717, 1.165) is 12.1 Å². The highest BCUT2D eigenvalue weighted by Crippen LogP contribution is 2.38. The predicted octanol–water partition coefficient (Wildman–Crippen LogP) is 3.82. The Hall–Kier alpha value is -2.23. The average molecular weight is 395 g/mol. The molecule has 3 atom stereocenters. The molecule has 1 aliphatic heterocycles. The first-order valence-electron chi connectivity index (χ1n) is 7.97. The molecule has 5 nitrogen and oxygen atoms in total. The summed E-state index contributed by atoms with van der Waals surface area (Å²) in [5.74, 6) is -3.28. The molecule has 1 N–H and O–H groups in total. The fourth-order valence-electron chi connectivity index (χ4n) is 2.62. The normalized spacial score (nSPS) is 23.9. The Morgan fingerprint density at radius 1 is 1.22 bits per heavy atom. The van der Waals surface area contributed by atoms with Gasteiger partial charge in [0.05, 0.1) is 6.04 Å². The maximum Gasteiger partial charge on any atom is 0.421 e. The van der Waals surface area contributed by atoms with Gasteiger partial charge in [0, 0.05) is 12.0 Å². The lowest BCUT2D eigenvalue weighted by Gasteiger charge is -2.37. The third-order valence-corrected chi connectivity index (χ3v) is 3.63. The highest BCUT2D eigenvalue weighted by molar-refractivity contribution is 5.86. The number of hydrogen-bond donors (Lipinski definition) is 1. The standard InChI is InChI=1S/C17H18F5NO4/c1-16(2,3)27-15(25)23-11-7-12(24)14(17(20,21)22)26-13(11)9-6-8(18)4-5-10(9)19/h4-6,11,13-14H,7H2,1-3H3,(H,23,25)/t11-,13+,14-/m0/s1. The van der Waals surface area contributed by atoms with Crippen molar-refractivity contribution in [3.05, 3.63) is 35.4 Å². The van der Waals surface area contributed by atoms with Crippen LogP contribution in [0, 0.1) is 11.6 Å². The first-order valence-corrected chi connectivity index (χ1v) is 7.97.